The fourth-order valence-corrected chi connectivity index (χ4v) is 2.86. The SMILES string of the molecule is Fc1cc(Cl)ccc1CN1CCC[C@@H]1c1cnccn1. The highest BCUT2D eigenvalue weighted by molar-refractivity contribution is 6.30. The average Bonchev–Trinajstić information content (AvgIpc) is 2.91. The molecular formula is C15H15ClFN3. The Kier molecular flexibility index (Phi) is 3.94. The quantitative estimate of drug-likeness (QED) is 0.865. The topological polar surface area (TPSA) is 29.0 Å². The normalized spacial score (nSPS) is 19.4. The molecule has 1 aliphatic heterocycles. The zero-order chi connectivity index (χ0) is 13.9. The number of halogens is 2. The minimum Gasteiger partial charge on any atom is -0.290 e. The Bertz CT molecular complexity index is 591. The van der Waals surface area contributed by atoms with Gasteiger partial charge in [-0.25, -0.2) is 4.39 Å². The molecule has 1 fully saturated rings. The molecule has 1 aliphatic rings. The van der Waals surface area contributed by atoms with E-state index in [2.05, 4.69) is 14.9 Å². The molecule has 0 unspecified atom stereocenters. The summed E-state index contributed by atoms with van der Waals surface area (Å²) in [6.45, 7) is 1.52. The van der Waals surface area contributed by atoms with Gasteiger partial charge in [0.15, 0.2) is 0 Å². The molecule has 2 aromatic rings. The first-order chi connectivity index (χ1) is 9.74. The van der Waals surface area contributed by atoms with E-state index in [1.165, 1.54) is 6.07 Å². The number of hydrogen-bond acceptors (Lipinski definition) is 3. The standard InChI is InChI=1S/C15H15ClFN3/c16-12-4-3-11(13(17)8-12)10-20-7-1-2-15(20)14-9-18-5-6-19-14/h3-6,8-9,15H,1-2,7,10H2/t15-/m1/s1. The van der Waals surface area contributed by atoms with E-state index < -0.39 is 0 Å². The summed E-state index contributed by atoms with van der Waals surface area (Å²) in [7, 11) is 0. The molecule has 0 amide bonds. The van der Waals surface area contributed by atoms with Crippen molar-refractivity contribution in [2.75, 3.05) is 6.54 Å². The summed E-state index contributed by atoms with van der Waals surface area (Å²) in [4.78, 5) is 10.7. The van der Waals surface area contributed by atoms with E-state index in [4.69, 9.17) is 11.6 Å². The summed E-state index contributed by atoms with van der Waals surface area (Å²) >= 11 is 5.79. The maximum atomic E-state index is 13.9. The van der Waals surface area contributed by atoms with Crippen LogP contribution in [-0.2, 0) is 6.54 Å². The van der Waals surface area contributed by atoms with Crippen LogP contribution in [0.2, 0.25) is 5.02 Å². The summed E-state index contributed by atoms with van der Waals surface area (Å²) in [6.07, 6.45) is 7.29. The highest BCUT2D eigenvalue weighted by atomic mass is 35.5. The van der Waals surface area contributed by atoms with Gasteiger partial charge in [-0.1, -0.05) is 17.7 Å². The van der Waals surface area contributed by atoms with Gasteiger partial charge >= 0.3 is 0 Å². The maximum Gasteiger partial charge on any atom is 0.129 e. The van der Waals surface area contributed by atoms with Gasteiger partial charge in [0.25, 0.3) is 0 Å². The predicted molar refractivity (Wildman–Crippen MR) is 75.8 cm³/mol. The highest BCUT2D eigenvalue weighted by Gasteiger charge is 2.27. The van der Waals surface area contributed by atoms with E-state index in [-0.39, 0.29) is 11.9 Å². The van der Waals surface area contributed by atoms with Crippen LogP contribution in [0.25, 0.3) is 0 Å². The van der Waals surface area contributed by atoms with Gasteiger partial charge in [0.05, 0.1) is 11.7 Å². The summed E-state index contributed by atoms with van der Waals surface area (Å²) in [6, 6.07) is 5.07. The molecule has 0 bridgehead atoms. The summed E-state index contributed by atoms with van der Waals surface area (Å²) in [5.41, 5.74) is 1.63. The molecule has 20 heavy (non-hydrogen) atoms. The van der Waals surface area contributed by atoms with Crippen molar-refractivity contribution < 1.29 is 4.39 Å². The molecule has 0 radical (unpaired) electrons. The van der Waals surface area contributed by atoms with Gasteiger partial charge in [-0.3, -0.25) is 14.9 Å². The molecule has 3 rings (SSSR count). The number of rotatable bonds is 3. The Hall–Kier alpha value is -1.52. The first-order valence-electron chi connectivity index (χ1n) is 6.68. The largest absolute Gasteiger partial charge is 0.290 e. The van der Waals surface area contributed by atoms with Crippen molar-refractivity contribution in [1.29, 1.82) is 0 Å². The van der Waals surface area contributed by atoms with Gasteiger partial charge in [-0.05, 0) is 31.5 Å². The smallest absolute Gasteiger partial charge is 0.129 e. The zero-order valence-electron chi connectivity index (χ0n) is 11.0. The van der Waals surface area contributed by atoms with Crippen LogP contribution in [0.1, 0.15) is 30.1 Å². The molecular weight excluding hydrogens is 277 g/mol. The minimum atomic E-state index is -0.248. The van der Waals surface area contributed by atoms with Gasteiger partial charge in [0, 0.05) is 35.7 Å². The number of likely N-dealkylation sites (tertiary alicyclic amines) is 1. The Morgan fingerprint density at radius 1 is 1.35 bits per heavy atom. The Balaban J connectivity index is 1.79. The van der Waals surface area contributed by atoms with E-state index in [0.29, 0.717) is 17.1 Å². The van der Waals surface area contributed by atoms with E-state index in [0.717, 1.165) is 25.1 Å². The molecule has 1 saturated heterocycles. The van der Waals surface area contributed by atoms with Crippen LogP contribution >= 0.6 is 11.6 Å². The van der Waals surface area contributed by atoms with Crippen molar-refractivity contribution >= 4 is 11.6 Å². The number of benzene rings is 1. The molecule has 0 saturated carbocycles. The zero-order valence-corrected chi connectivity index (χ0v) is 11.7. The van der Waals surface area contributed by atoms with E-state index in [9.17, 15) is 4.39 Å². The minimum absolute atomic E-state index is 0.221. The van der Waals surface area contributed by atoms with E-state index >= 15 is 0 Å². The molecule has 1 aromatic heterocycles. The lowest BCUT2D eigenvalue weighted by Crippen LogP contribution is -2.24. The van der Waals surface area contributed by atoms with Crippen LogP contribution in [0.15, 0.2) is 36.8 Å². The van der Waals surface area contributed by atoms with Crippen LogP contribution in [0.3, 0.4) is 0 Å². The van der Waals surface area contributed by atoms with Crippen LogP contribution in [-0.4, -0.2) is 21.4 Å². The molecule has 1 atom stereocenters. The third kappa shape index (κ3) is 2.81. The Morgan fingerprint density at radius 3 is 3.00 bits per heavy atom. The average molecular weight is 292 g/mol. The second kappa shape index (κ2) is 5.85. The summed E-state index contributed by atoms with van der Waals surface area (Å²) < 4.78 is 13.9. The molecule has 0 aliphatic carbocycles. The summed E-state index contributed by atoms with van der Waals surface area (Å²) in [5.74, 6) is -0.248. The van der Waals surface area contributed by atoms with Crippen molar-refractivity contribution in [2.24, 2.45) is 0 Å². The molecule has 2 heterocycles. The van der Waals surface area contributed by atoms with Crippen molar-refractivity contribution in [3.05, 3.63) is 58.9 Å². The predicted octanol–water partition coefficient (Wildman–Crippen LogP) is 3.61. The molecule has 0 N–H and O–H groups in total. The first-order valence-corrected chi connectivity index (χ1v) is 7.06. The second-order valence-electron chi connectivity index (χ2n) is 4.99. The van der Waals surface area contributed by atoms with Crippen LogP contribution in [0.5, 0.6) is 0 Å². The summed E-state index contributed by atoms with van der Waals surface area (Å²) in [5, 5.41) is 0.429. The molecule has 104 valence electrons. The first kappa shape index (κ1) is 13.5. The van der Waals surface area contributed by atoms with Crippen LogP contribution < -0.4 is 0 Å². The highest BCUT2D eigenvalue weighted by Crippen LogP contribution is 2.32. The molecule has 1 aromatic carbocycles. The van der Waals surface area contributed by atoms with Gasteiger partial charge in [0.2, 0.25) is 0 Å². The molecule has 5 heteroatoms. The van der Waals surface area contributed by atoms with Crippen LogP contribution in [0, 0.1) is 5.82 Å². The fourth-order valence-electron chi connectivity index (χ4n) is 2.70. The van der Waals surface area contributed by atoms with Crippen molar-refractivity contribution in [3.8, 4) is 0 Å². The van der Waals surface area contributed by atoms with Gasteiger partial charge in [-0.15, -0.1) is 0 Å². The lowest BCUT2D eigenvalue weighted by atomic mass is 10.1. The molecule has 3 nitrogen and oxygen atoms in total. The number of aromatic nitrogens is 2. The fraction of sp³-hybridized carbons (Fsp3) is 0.333. The van der Waals surface area contributed by atoms with Gasteiger partial charge < -0.3 is 0 Å². The van der Waals surface area contributed by atoms with Crippen LogP contribution in [0.4, 0.5) is 4.39 Å². The molecule has 0 spiro atoms. The number of nitrogens with zero attached hydrogens (tertiary/aromatic N) is 3. The van der Waals surface area contributed by atoms with Crippen molar-refractivity contribution in [3.63, 3.8) is 0 Å². The third-order valence-corrected chi connectivity index (χ3v) is 3.91. The van der Waals surface area contributed by atoms with Crippen molar-refractivity contribution in [1.82, 2.24) is 14.9 Å². The Morgan fingerprint density at radius 2 is 2.25 bits per heavy atom. The van der Waals surface area contributed by atoms with Gasteiger partial charge in [0.1, 0.15) is 5.82 Å². The second-order valence-corrected chi connectivity index (χ2v) is 5.43. The monoisotopic (exact) mass is 291 g/mol. The lowest BCUT2D eigenvalue weighted by Gasteiger charge is -2.24. The van der Waals surface area contributed by atoms with E-state index in [1.54, 1.807) is 30.7 Å². The lowest BCUT2D eigenvalue weighted by molar-refractivity contribution is 0.240. The maximum absolute atomic E-state index is 13.9. The van der Waals surface area contributed by atoms with Gasteiger partial charge in [-0.2, -0.15) is 0 Å². The number of hydrogen-bond donors (Lipinski definition) is 0. The Labute approximate surface area is 122 Å². The van der Waals surface area contributed by atoms with E-state index in [1.807, 2.05) is 0 Å². The van der Waals surface area contributed by atoms with Crippen molar-refractivity contribution in [2.45, 2.75) is 25.4 Å². The third-order valence-electron chi connectivity index (χ3n) is 3.68.